The average molecular weight is 552 g/mol. The summed E-state index contributed by atoms with van der Waals surface area (Å²) in [7, 11) is 0. The predicted molar refractivity (Wildman–Crippen MR) is 155 cm³/mol. The minimum atomic E-state index is 0.0494. The molecule has 1 aliphatic heterocycles. The van der Waals surface area contributed by atoms with Crippen LogP contribution < -0.4 is 0 Å². The van der Waals surface area contributed by atoms with Crippen molar-refractivity contribution in [1.82, 2.24) is 24.6 Å². The summed E-state index contributed by atoms with van der Waals surface area (Å²) in [5, 5.41) is 9.61. The molecule has 2 atom stereocenters. The number of unbranched alkanes of at least 4 members (excludes halogenated alkanes) is 1. The second kappa shape index (κ2) is 13.8. The van der Waals surface area contributed by atoms with E-state index in [1.165, 1.54) is 5.56 Å². The number of aryl methyl sites for hydroxylation is 1. The van der Waals surface area contributed by atoms with Crippen molar-refractivity contribution < 1.29 is 14.0 Å². The Balaban J connectivity index is 1.30. The molecule has 39 heavy (non-hydrogen) atoms. The monoisotopic (exact) mass is 551 g/mol. The number of carbonyl (C=O) groups is 2. The quantitative estimate of drug-likeness (QED) is 0.203. The van der Waals surface area contributed by atoms with Gasteiger partial charge in [-0.25, -0.2) is 0 Å². The summed E-state index contributed by atoms with van der Waals surface area (Å²) in [6.07, 6.45) is 6.87. The van der Waals surface area contributed by atoms with Crippen molar-refractivity contribution in [1.29, 1.82) is 0 Å². The SMILES string of the molecule is CCCCC(CC)C(=O)N1CCN(C(=O)CCCSc2nnc(-c3ccco3)n2-c2ccc(C)cc2)CC1C. The molecular weight excluding hydrogens is 510 g/mol. The highest BCUT2D eigenvalue weighted by atomic mass is 32.2. The predicted octanol–water partition coefficient (Wildman–Crippen LogP) is 5.98. The Morgan fingerprint density at radius 1 is 1.10 bits per heavy atom. The smallest absolute Gasteiger partial charge is 0.226 e. The third kappa shape index (κ3) is 7.12. The molecule has 8 nitrogen and oxygen atoms in total. The van der Waals surface area contributed by atoms with Gasteiger partial charge in [0, 0.05) is 49.5 Å². The highest BCUT2D eigenvalue weighted by molar-refractivity contribution is 7.99. The Morgan fingerprint density at radius 3 is 2.56 bits per heavy atom. The highest BCUT2D eigenvalue weighted by Crippen LogP contribution is 2.29. The summed E-state index contributed by atoms with van der Waals surface area (Å²) in [4.78, 5) is 30.0. The van der Waals surface area contributed by atoms with Crippen LogP contribution in [0.2, 0.25) is 0 Å². The van der Waals surface area contributed by atoms with Crippen molar-refractivity contribution in [2.75, 3.05) is 25.4 Å². The number of hydrogen-bond donors (Lipinski definition) is 0. The number of rotatable bonds is 12. The van der Waals surface area contributed by atoms with Crippen LogP contribution in [0.15, 0.2) is 52.2 Å². The molecule has 3 aromatic rings. The molecule has 0 spiro atoms. The lowest BCUT2D eigenvalue weighted by Gasteiger charge is -2.41. The molecule has 4 rings (SSSR count). The molecule has 0 N–H and O–H groups in total. The number of hydrogen-bond acceptors (Lipinski definition) is 6. The average Bonchev–Trinajstić information content (AvgIpc) is 3.62. The number of thioether (sulfide) groups is 1. The third-order valence-electron chi connectivity index (χ3n) is 7.44. The first-order valence-corrected chi connectivity index (χ1v) is 15.2. The summed E-state index contributed by atoms with van der Waals surface area (Å²) in [5.41, 5.74) is 2.15. The molecule has 2 unspecified atom stereocenters. The minimum Gasteiger partial charge on any atom is -0.461 e. The van der Waals surface area contributed by atoms with E-state index in [0.717, 1.165) is 48.7 Å². The van der Waals surface area contributed by atoms with Crippen LogP contribution in [0.4, 0.5) is 0 Å². The Morgan fingerprint density at radius 2 is 1.90 bits per heavy atom. The van der Waals surface area contributed by atoms with Crippen LogP contribution in [0, 0.1) is 12.8 Å². The van der Waals surface area contributed by atoms with Gasteiger partial charge in [-0.05, 0) is 57.4 Å². The largest absolute Gasteiger partial charge is 0.461 e. The number of nitrogens with zero attached hydrogens (tertiary/aromatic N) is 5. The zero-order valence-corrected chi connectivity index (χ0v) is 24.5. The van der Waals surface area contributed by atoms with Crippen molar-refractivity contribution in [2.45, 2.75) is 77.4 Å². The van der Waals surface area contributed by atoms with Crippen molar-refractivity contribution in [3.05, 3.63) is 48.2 Å². The highest BCUT2D eigenvalue weighted by Gasteiger charge is 2.32. The van der Waals surface area contributed by atoms with Crippen LogP contribution in [0.5, 0.6) is 0 Å². The maximum absolute atomic E-state index is 13.1. The van der Waals surface area contributed by atoms with Crippen LogP contribution in [0.25, 0.3) is 17.3 Å². The summed E-state index contributed by atoms with van der Waals surface area (Å²) >= 11 is 1.59. The van der Waals surface area contributed by atoms with Gasteiger partial charge in [-0.1, -0.05) is 56.1 Å². The molecule has 0 aliphatic carbocycles. The second-order valence-corrected chi connectivity index (χ2v) is 11.4. The van der Waals surface area contributed by atoms with Gasteiger partial charge < -0.3 is 14.2 Å². The molecule has 1 saturated heterocycles. The van der Waals surface area contributed by atoms with Gasteiger partial charge in [-0.15, -0.1) is 10.2 Å². The summed E-state index contributed by atoms with van der Waals surface area (Å²) in [5.74, 6) is 2.58. The van der Waals surface area contributed by atoms with Gasteiger partial charge in [0.05, 0.1) is 6.26 Å². The lowest BCUT2D eigenvalue weighted by atomic mass is 9.96. The van der Waals surface area contributed by atoms with E-state index in [1.807, 2.05) is 26.5 Å². The van der Waals surface area contributed by atoms with Gasteiger partial charge in [0.2, 0.25) is 17.6 Å². The number of benzene rings is 1. The summed E-state index contributed by atoms with van der Waals surface area (Å²) in [6.45, 7) is 10.2. The zero-order chi connectivity index (χ0) is 27.8. The van der Waals surface area contributed by atoms with Crippen molar-refractivity contribution in [3.8, 4) is 17.3 Å². The Labute approximate surface area is 236 Å². The van der Waals surface area contributed by atoms with Crippen LogP contribution in [-0.4, -0.2) is 67.8 Å². The zero-order valence-electron chi connectivity index (χ0n) is 23.6. The van der Waals surface area contributed by atoms with E-state index in [-0.39, 0.29) is 23.8 Å². The van der Waals surface area contributed by atoms with Crippen LogP contribution in [0.3, 0.4) is 0 Å². The number of piperazine rings is 1. The molecule has 1 aliphatic rings. The van der Waals surface area contributed by atoms with Crippen LogP contribution in [0.1, 0.15) is 64.9 Å². The Kier molecular flexibility index (Phi) is 10.3. The Bertz CT molecular complexity index is 1210. The number of amides is 2. The molecule has 9 heteroatoms. The van der Waals surface area contributed by atoms with Crippen molar-refractivity contribution >= 4 is 23.6 Å². The fourth-order valence-corrected chi connectivity index (χ4v) is 5.99. The summed E-state index contributed by atoms with van der Waals surface area (Å²) < 4.78 is 7.61. The lowest BCUT2D eigenvalue weighted by Crippen LogP contribution is -2.56. The fourth-order valence-electron chi connectivity index (χ4n) is 5.10. The van der Waals surface area contributed by atoms with E-state index in [9.17, 15) is 9.59 Å². The fraction of sp³-hybridized carbons (Fsp3) is 0.533. The van der Waals surface area contributed by atoms with Crippen molar-refractivity contribution in [2.24, 2.45) is 5.92 Å². The third-order valence-corrected chi connectivity index (χ3v) is 8.46. The maximum atomic E-state index is 13.1. The molecule has 0 saturated carbocycles. The Hall–Kier alpha value is -3.07. The molecule has 2 aromatic heterocycles. The number of carbonyl (C=O) groups excluding carboxylic acids is 2. The first-order chi connectivity index (χ1) is 18.9. The molecule has 0 bridgehead atoms. The second-order valence-electron chi connectivity index (χ2n) is 10.4. The van der Waals surface area contributed by atoms with E-state index >= 15 is 0 Å². The van der Waals surface area contributed by atoms with Crippen LogP contribution >= 0.6 is 11.8 Å². The topological polar surface area (TPSA) is 84.5 Å². The molecule has 1 aromatic carbocycles. The lowest BCUT2D eigenvalue weighted by molar-refractivity contribution is -0.145. The normalized spacial score (nSPS) is 16.5. The van der Waals surface area contributed by atoms with E-state index in [2.05, 4.69) is 62.2 Å². The first kappa shape index (κ1) is 28.9. The van der Waals surface area contributed by atoms with E-state index < -0.39 is 0 Å². The minimum absolute atomic E-state index is 0.0494. The van der Waals surface area contributed by atoms with Gasteiger partial charge in [0.15, 0.2) is 10.9 Å². The van der Waals surface area contributed by atoms with E-state index in [1.54, 1.807) is 18.0 Å². The first-order valence-electron chi connectivity index (χ1n) is 14.2. The molecular formula is C30H41N5O3S. The van der Waals surface area contributed by atoms with E-state index in [4.69, 9.17) is 4.42 Å². The number of furan rings is 1. The molecule has 2 amide bonds. The van der Waals surface area contributed by atoms with Gasteiger partial charge in [-0.3, -0.25) is 14.2 Å². The molecule has 210 valence electrons. The maximum Gasteiger partial charge on any atom is 0.226 e. The molecule has 0 radical (unpaired) electrons. The molecule has 3 heterocycles. The van der Waals surface area contributed by atoms with E-state index in [0.29, 0.717) is 37.6 Å². The van der Waals surface area contributed by atoms with Gasteiger partial charge in [0.25, 0.3) is 0 Å². The van der Waals surface area contributed by atoms with Gasteiger partial charge >= 0.3 is 0 Å². The van der Waals surface area contributed by atoms with Gasteiger partial charge in [-0.2, -0.15) is 0 Å². The summed E-state index contributed by atoms with van der Waals surface area (Å²) in [6, 6.07) is 12.0. The number of aromatic nitrogens is 3. The van der Waals surface area contributed by atoms with Crippen molar-refractivity contribution in [3.63, 3.8) is 0 Å². The van der Waals surface area contributed by atoms with Gasteiger partial charge in [0.1, 0.15) is 0 Å². The molecule has 1 fully saturated rings. The van der Waals surface area contributed by atoms with Crippen LogP contribution in [-0.2, 0) is 9.59 Å². The standard InChI is InChI=1S/C30H41N5O3S/c1-5-7-10-24(6-2)29(37)34-18-17-33(21-23(34)4)27(36)12-9-20-39-30-32-31-28(26-11-8-19-38-26)35(30)25-15-13-22(3)14-16-25/h8,11,13-16,19,23-24H,5-7,9-10,12,17-18,20-21H2,1-4H3.